The van der Waals surface area contributed by atoms with Crippen LogP contribution in [-0.2, 0) is 6.54 Å². The van der Waals surface area contributed by atoms with E-state index < -0.39 is 4.92 Å². The summed E-state index contributed by atoms with van der Waals surface area (Å²) in [6.45, 7) is 3.41. The van der Waals surface area contributed by atoms with Crippen molar-refractivity contribution >= 4 is 5.69 Å². The summed E-state index contributed by atoms with van der Waals surface area (Å²) < 4.78 is 0. The Kier molecular flexibility index (Phi) is 5.55. The fraction of sp³-hybridized carbons (Fsp3) is 0.455. The predicted octanol–water partition coefficient (Wildman–Crippen LogP) is 0.314. The molecule has 6 heteroatoms. The van der Waals surface area contributed by atoms with Gasteiger partial charge in [0.25, 0.3) is 5.69 Å². The summed E-state index contributed by atoms with van der Waals surface area (Å²) in [5.41, 5.74) is 12.1. The van der Waals surface area contributed by atoms with Gasteiger partial charge >= 0.3 is 0 Å². The van der Waals surface area contributed by atoms with Crippen molar-refractivity contribution in [2.75, 3.05) is 26.2 Å². The van der Waals surface area contributed by atoms with Gasteiger partial charge in [0, 0.05) is 44.9 Å². The Balaban J connectivity index is 2.62. The molecule has 17 heavy (non-hydrogen) atoms. The van der Waals surface area contributed by atoms with Gasteiger partial charge in [0.1, 0.15) is 0 Å². The average Bonchev–Trinajstić information content (AvgIpc) is 2.30. The van der Waals surface area contributed by atoms with Crippen LogP contribution in [0.5, 0.6) is 0 Å². The number of hydrogen-bond acceptors (Lipinski definition) is 5. The third kappa shape index (κ3) is 4.48. The summed E-state index contributed by atoms with van der Waals surface area (Å²) in [4.78, 5) is 12.2. The van der Waals surface area contributed by atoms with Crippen molar-refractivity contribution in [3.8, 4) is 0 Å². The molecular weight excluding hydrogens is 220 g/mol. The number of nitro benzene ring substituents is 1. The van der Waals surface area contributed by atoms with Crippen molar-refractivity contribution in [2.45, 2.75) is 6.54 Å². The summed E-state index contributed by atoms with van der Waals surface area (Å²) in [6.07, 6.45) is 0. The van der Waals surface area contributed by atoms with Gasteiger partial charge in [-0.05, 0) is 5.56 Å². The van der Waals surface area contributed by atoms with Crippen molar-refractivity contribution in [1.29, 1.82) is 0 Å². The molecular formula is C11H18N4O2. The molecule has 0 bridgehead atoms. The highest BCUT2D eigenvalue weighted by atomic mass is 16.6. The SMILES string of the molecule is NCCN(CCN)Cc1ccc([N+](=O)[O-])cc1. The molecule has 0 amide bonds. The lowest BCUT2D eigenvalue weighted by Gasteiger charge is -2.20. The van der Waals surface area contributed by atoms with Crippen LogP contribution in [0.4, 0.5) is 5.69 Å². The Morgan fingerprint density at radius 3 is 2.06 bits per heavy atom. The van der Waals surface area contributed by atoms with Gasteiger partial charge in [-0.1, -0.05) is 12.1 Å². The summed E-state index contributed by atoms with van der Waals surface area (Å²) in [5, 5.41) is 10.5. The summed E-state index contributed by atoms with van der Waals surface area (Å²) >= 11 is 0. The number of nitrogens with two attached hydrogens (primary N) is 2. The molecule has 0 heterocycles. The van der Waals surface area contributed by atoms with Gasteiger partial charge in [-0.2, -0.15) is 0 Å². The molecule has 0 aromatic heterocycles. The summed E-state index contributed by atoms with van der Waals surface area (Å²) in [5.74, 6) is 0. The monoisotopic (exact) mass is 238 g/mol. The van der Waals surface area contributed by atoms with E-state index in [1.54, 1.807) is 12.1 Å². The van der Waals surface area contributed by atoms with Gasteiger partial charge in [-0.15, -0.1) is 0 Å². The standard InChI is InChI=1S/C11H18N4O2/c12-5-7-14(8-6-13)9-10-1-3-11(4-2-10)15(16)17/h1-4H,5-9,12-13H2. The maximum absolute atomic E-state index is 10.5. The van der Waals surface area contributed by atoms with Crippen molar-refractivity contribution < 1.29 is 4.92 Å². The second-order valence-electron chi connectivity index (χ2n) is 3.78. The second kappa shape index (κ2) is 6.95. The first-order valence-corrected chi connectivity index (χ1v) is 5.53. The molecule has 0 spiro atoms. The first kappa shape index (κ1) is 13.6. The van der Waals surface area contributed by atoms with Crippen LogP contribution < -0.4 is 11.5 Å². The Morgan fingerprint density at radius 2 is 1.65 bits per heavy atom. The van der Waals surface area contributed by atoms with E-state index >= 15 is 0 Å². The fourth-order valence-corrected chi connectivity index (χ4v) is 1.62. The van der Waals surface area contributed by atoms with E-state index in [1.165, 1.54) is 12.1 Å². The Hall–Kier alpha value is -1.50. The number of nitro groups is 1. The summed E-state index contributed by atoms with van der Waals surface area (Å²) in [6, 6.07) is 6.55. The highest BCUT2D eigenvalue weighted by Crippen LogP contribution is 2.13. The lowest BCUT2D eigenvalue weighted by Crippen LogP contribution is -2.33. The van der Waals surface area contributed by atoms with Gasteiger partial charge in [0.2, 0.25) is 0 Å². The molecule has 1 aromatic carbocycles. The number of hydrogen-bond donors (Lipinski definition) is 2. The van der Waals surface area contributed by atoms with Gasteiger partial charge in [-0.3, -0.25) is 15.0 Å². The minimum absolute atomic E-state index is 0.109. The quantitative estimate of drug-likeness (QED) is 0.526. The molecule has 0 atom stereocenters. The molecule has 0 aliphatic rings. The van der Waals surface area contributed by atoms with Crippen LogP contribution >= 0.6 is 0 Å². The molecule has 0 aliphatic carbocycles. The fourth-order valence-electron chi connectivity index (χ4n) is 1.62. The van der Waals surface area contributed by atoms with E-state index in [0.29, 0.717) is 19.6 Å². The predicted molar refractivity (Wildman–Crippen MR) is 66.5 cm³/mol. The zero-order chi connectivity index (χ0) is 12.7. The van der Waals surface area contributed by atoms with E-state index in [9.17, 15) is 10.1 Å². The van der Waals surface area contributed by atoms with Crippen LogP contribution in [0.15, 0.2) is 24.3 Å². The second-order valence-corrected chi connectivity index (χ2v) is 3.78. The van der Waals surface area contributed by atoms with E-state index in [2.05, 4.69) is 4.90 Å². The number of non-ortho nitro benzene ring substituents is 1. The number of benzene rings is 1. The molecule has 0 saturated heterocycles. The minimum Gasteiger partial charge on any atom is -0.329 e. The lowest BCUT2D eigenvalue weighted by atomic mass is 10.2. The lowest BCUT2D eigenvalue weighted by molar-refractivity contribution is -0.384. The van der Waals surface area contributed by atoms with E-state index in [4.69, 9.17) is 11.5 Å². The molecule has 0 aliphatic heterocycles. The minimum atomic E-state index is -0.401. The Morgan fingerprint density at radius 1 is 1.12 bits per heavy atom. The number of rotatable bonds is 7. The van der Waals surface area contributed by atoms with Crippen LogP contribution in [0, 0.1) is 10.1 Å². The zero-order valence-corrected chi connectivity index (χ0v) is 9.71. The third-order valence-electron chi connectivity index (χ3n) is 2.44. The molecule has 0 fully saturated rings. The first-order valence-electron chi connectivity index (χ1n) is 5.53. The molecule has 1 rings (SSSR count). The molecule has 6 nitrogen and oxygen atoms in total. The van der Waals surface area contributed by atoms with Gasteiger partial charge < -0.3 is 11.5 Å². The van der Waals surface area contributed by atoms with Gasteiger partial charge in [-0.25, -0.2) is 0 Å². The topological polar surface area (TPSA) is 98.4 Å². The number of nitrogens with zero attached hydrogens (tertiary/aromatic N) is 2. The molecule has 0 unspecified atom stereocenters. The third-order valence-corrected chi connectivity index (χ3v) is 2.44. The van der Waals surface area contributed by atoms with Crippen molar-refractivity contribution in [3.63, 3.8) is 0 Å². The van der Waals surface area contributed by atoms with Crippen molar-refractivity contribution in [1.82, 2.24) is 4.90 Å². The van der Waals surface area contributed by atoms with Crippen LogP contribution in [0.25, 0.3) is 0 Å². The van der Waals surface area contributed by atoms with E-state index in [0.717, 1.165) is 18.7 Å². The zero-order valence-electron chi connectivity index (χ0n) is 9.71. The normalized spacial score (nSPS) is 10.8. The van der Waals surface area contributed by atoms with Crippen molar-refractivity contribution in [3.05, 3.63) is 39.9 Å². The highest BCUT2D eigenvalue weighted by molar-refractivity contribution is 5.32. The van der Waals surface area contributed by atoms with Crippen LogP contribution in [0.1, 0.15) is 5.56 Å². The largest absolute Gasteiger partial charge is 0.329 e. The Bertz CT molecular complexity index is 347. The van der Waals surface area contributed by atoms with Crippen molar-refractivity contribution in [2.24, 2.45) is 11.5 Å². The van der Waals surface area contributed by atoms with Crippen LogP contribution in [0.2, 0.25) is 0 Å². The van der Waals surface area contributed by atoms with Crippen LogP contribution in [0.3, 0.4) is 0 Å². The molecule has 94 valence electrons. The summed E-state index contributed by atoms with van der Waals surface area (Å²) in [7, 11) is 0. The average molecular weight is 238 g/mol. The van der Waals surface area contributed by atoms with Gasteiger partial charge in [0.05, 0.1) is 4.92 Å². The molecule has 1 aromatic rings. The Labute approximate surface area is 100 Å². The van der Waals surface area contributed by atoms with E-state index in [1.807, 2.05) is 0 Å². The van der Waals surface area contributed by atoms with E-state index in [-0.39, 0.29) is 5.69 Å². The maximum atomic E-state index is 10.5. The van der Waals surface area contributed by atoms with Gasteiger partial charge in [0.15, 0.2) is 0 Å². The maximum Gasteiger partial charge on any atom is 0.269 e. The molecule has 0 saturated carbocycles. The highest BCUT2D eigenvalue weighted by Gasteiger charge is 2.07. The smallest absolute Gasteiger partial charge is 0.269 e. The first-order chi connectivity index (χ1) is 8.17. The van der Waals surface area contributed by atoms with Crippen LogP contribution in [-0.4, -0.2) is 36.0 Å². The molecule has 4 N–H and O–H groups in total. The molecule has 0 radical (unpaired) electrons.